The van der Waals surface area contributed by atoms with Crippen molar-refractivity contribution in [3.8, 4) is 44.5 Å². The van der Waals surface area contributed by atoms with Gasteiger partial charge in [-0.1, -0.05) is 182 Å². The second-order valence-electron chi connectivity index (χ2n) is 14.2. The molecule has 0 radical (unpaired) electrons. The van der Waals surface area contributed by atoms with Gasteiger partial charge < -0.3 is 4.90 Å². The van der Waals surface area contributed by atoms with Crippen molar-refractivity contribution in [2.24, 2.45) is 0 Å². The van der Waals surface area contributed by atoms with E-state index in [0.29, 0.717) is 0 Å². The SMILES string of the molecule is c1ccc(-c2ccc(-c3ccc(N(c4ccc(-c5cccc(-c6cccc7ccccc67)c5)cc4)c4ccc5c(ccc6ccccc65)c4)cc3)cc2)cc1. The number of hydrogen-bond donors (Lipinski definition) is 0. The summed E-state index contributed by atoms with van der Waals surface area (Å²) in [4.78, 5) is 2.37. The molecule has 0 N–H and O–H groups in total. The zero-order valence-electron chi connectivity index (χ0n) is 30.3. The molecule has 0 aromatic heterocycles. The van der Waals surface area contributed by atoms with Crippen molar-refractivity contribution in [1.29, 1.82) is 0 Å². The summed E-state index contributed by atoms with van der Waals surface area (Å²) in [5, 5.41) is 7.54. The van der Waals surface area contributed by atoms with Crippen molar-refractivity contribution in [3.63, 3.8) is 0 Å². The first-order valence-electron chi connectivity index (χ1n) is 18.9. The van der Waals surface area contributed by atoms with E-state index < -0.39 is 0 Å². The summed E-state index contributed by atoms with van der Waals surface area (Å²) >= 11 is 0. The maximum Gasteiger partial charge on any atom is 0.0468 e. The topological polar surface area (TPSA) is 3.24 Å². The second kappa shape index (κ2) is 14.0. The lowest BCUT2D eigenvalue weighted by Crippen LogP contribution is -2.09. The molecule has 0 fully saturated rings. The fourth-order valence-corrected chi connectivity index (χ4v) is 8.02. The predicted molar refractivity (Wildman–Crippen MR) is 235 cm³/mol. The highest BCUT2D eigenvalue weighted by Crippen LogP contribution is 2.40. The minimum atomic E-state index is 1.11. The quantitative estimate of drug-likeness (QED) is 0.150. The van der Waals surface area contributed by atoms with Crippen LogP contribution in [0.1, 0.15) is 0 Å². The molecule has 1 nitrogen and oxygen atoms in total. The van der Waals surface area contributed by atoms with Gasteiger partial charge in [-0.05, 0) is 119 Å². The number of hydrogen-bond acceptors (Lipinski definition) is 1. The molecule has 0 saturated heterocycles. The first-order chi connectivity index (χ1) is 27.2. The van der Waals surface area contributed by atoms with E-state index in [-0.39, 0.29) is 0 Å². The molecule has 10 rings (SSSR count). The fourth-order valence-electron chi connectivity index (χ4n) is 8.02. The molecule has 258 valence electrons. The molecule has 0 heterocycles. The Morgan fingerprint density at radius 2 is 0.655 bits per heavy atom. The number of fused-ring (bicyclic) bond motifs is 4. The van der Waals surface area contributed by atoms with Gasteiger partial charge in [0.2, 0.25) is 0 Å². The molecule has 1 heteroatoms. The second-order valence-corrected chi connectivity index (χ2v) is 14.2. The molecular formula is C54H37N. The van der Waals surface area contributed by atoms with Crippen molar-refractivity contribution < 1.29 is 0 Å². The highest BCUT2D eigenvalue weighted by molar-refractivity contribution is 6.08. The molecule has 55 heavy (non-hydrogen) atoms. The first kappa shape index (κ1) is 32.4. The van der Waals surface area contributed by atoms with Crippen LogP contribution in [0.4, 0.5) is 17.1 Å². The van der Waals surface area contributed by atoms with E-state index in [0.717, 1.165) is 17.1 Å². The monoisotopic (exact) mass is 699 g/mol. The van der Waals surface area contributed by atoms with Crippen LogP contribution in [-0.4, -0.2) is 0 Å². The maximum atomic E-state index is 2.37. The molecule has 0 unspecified atom stereocenters. The van der Waals surface area contributed by atoms with E-state index in [1.807, 2.05) is 0 Å². The Labute approximate surface area is 322 Å². The third-order valence-corrected chi connectivity index (χ3v) is 10.9. The normalized spacial score (nSPS) is 11.3. The highest BCUT2D eigenvalue weighted by atomic mass is 15.1. The third kappa shape index (κ3) is 6.22. The van der Waals surface area contributed by atoms with Gasteiger partial charge in [0.15, 0.2) is 0 Å². The fraction of sp³-hybridized carbons (Fsp3) is 0. The molecule has 10 aromatic rings. The average Bonchev–Trinajstić information content (AvgIpc) is 3.27. The Hall–Kier alpha value is -7.22. The first-order valence-corrected chi connectivity index (χ1v) is 18.9. The van der Waals surface area contributed by atoms with E-state index >= 15 is 0 Å². The van der Waals surface area contributed by atoms with Crippen molar-refractivity contribution in [3.05, 3.63) is 224 Å². The Morgan fingerprint density at radius 1 is 0.218 bits per heavy atom. The molecule has 0 atom stereocenters. The lowest BCUT2D eigenvalue weighted by atomic mass is 9.95. The number of nitrogens with zero attached hydrogens (tertiary/aromatic N) is 1. The van der Waals surface area contributed by atoms with Gasteiger partial charge in [-0.3, -0.25) is 0 Å². The summed E-state index contributed by atoms with van der Waals surface area (Å²) in [6.07, 6.45) is 0. The van der Waals surface area contributed by atoms with Crippen LogP contribution in [0.5, 0.6) is 0 Å². The molecule has 0 amide bonds. The summed E-state index contributed by atoms with van der Waals surface area (Å²) in [7, 11) is 0. The molecule has 0 aliphatic heterocycles. The lowest BCUT2D eigenvalue weighted by molar-refractivity contribution is 1.29. The number of anilines is 3. The third-order valence-electron chi connectivity index (χ3n) is 10.9. The van der Waals surface area contributed by atoms with Crippen molar-refractivity contribution in [2.45, 2.75) is 0 Å². The number of rotatable bonds is 7. The molecule has 0 spiro atoms. The van der Waals surface area contributed by atoms with Crippen LogP contribution >= 0.6 is 0 Å². The molecule has 0 aliphatic carbocycles. The van der Waals surface area contributed by atoms with Gasteiger partial charge >= 0.3 is 0 Å². The van der Waals surface area contributed by atoms with E-state index in [9.17, 15) is 0 Å². The predicted octanol–water partition coefficient (Wildman–Crippen LogP) is 15.3. The van der Waals surface area contributed by atoms with Crippen LogP contribution in [-0.2, 0) is 0 Å². The van der Waals surface area contributed by atoms with Gasteiger partial charge in [0.25, 0.3) is 0 Å². The summed E-state index contributed by atoms with van der Waals surface area (Å²) in [5.74, 6) is 0. The lowest BCUT2D eigenvalue weighted by Gasteiger charge is -2.26. The molecule has 0 aliphatic rings. The average molecular weight is 700 g/mol. The van der Waals surface area contributed by atoms with E-state index in [1.165, 1.54) is 76.8 Å². The van der Waals surface area contributed by atoms with Crippen LogP contribution < -0.4 is 4.90 Å². The van der Waals surface area contributed by atoms with Gasteiger partial charge in [-0.25, -0.2) is 0 Å². The van der Waals surface area contributed by atoms with E-state index in [2.05, 4.69) is 229 Å². The maximum absolute atomic E-state index is 2.37. The van der Waals surface area contributed by atoms with Crippen molar-refractivity contribution >= 4 is 49.4 Å². The van der Waals surface area contributed by atoms with Crippen LogP contribution in [0.3, 0.4) is 0 Å². The van der Waals surface area contributed by atoms with Gasteiger partial charge in [0.1, 0.15) is 0 Å². The molecular weight excluding hydrogens is 663 g/mol. The number of benzene rings is 10. The zero-order valence-corrected chi connectivity index (χ0v) is 30.3. The Morgan fingerprint density at radius 3 is 1.35 bits per heavy atom. The molecule has 0 bridgehead atoms. The highest BCUT2D eigenvalue weighted by Gasteiger charge is 2.15. The summed E-state index contributed by atoms with van der Waals surface area (Å²) < 4.78 is 0. The summed E-state index contributed by atoms with van der Waals surface area (Å²) in [6, 6.07) is 81.4. The summed E-state index contributed by atoms with van der Waals surface area (Å²) in [5.41, 5.74) is 13.0. The molecule has 0 saturated carbocycles. The Kier molecular flexibility index (Phi) is 8.24. The van der Waals surface area contributed by atoms with Crippen molar-refractivity contribution in [1.82, 2.24) is 0 Å². The standard InChI is InChI=1S/C54H37N/c1-2-10-38(11-3-1)39-20-22-40(23-21-39)41-26-30-48(31-27-41)55(50-34-35-54-47(37-50)25-24-44-13-5-7-18-52(44)54)49-32-28-42(29-33-49)45-15-8-16-46(36-45)53-19-9-14-43-12-4-6-17-51(43)53/h1-37H. The summed E-state index contributed by atoms with van der Waals surface area (Å²) in [6.45, 7) is 0. The van der Waals surface area contributed by atoms with Gasteiger partial charge in [-0.2, -0.15) is 0 Å². The van der Waals surface area contributed by atoms with Crippen LogP contribution in [0.2, 0.25) is 0 Å². The van der Waals surface area contributed by atoms with Gasteiger partial charge in [-0.15, -0.1) is 0 Å². The van der Waals surface area contributed by atoms with Crippen LogP contribution in [0.15, 0.2) is 224 Å². The van der Waals surface area contributed by atoms with Gasteiger partial charge in [0.05, 0.1) is 0 Å². The molecule has 10 aromatic carbocycles. The van der Waals surface area contributed by atoms with Crippen LogP contribution in [0.25, 0.3) is 76.8 Å². The van der Waals surface area contributed by atoms with E-state index in [4.69, 9.17) is 0 Å². The minimum Gasteiger partial charge on any atom is -0.310 e. The largest absolute Gasteiger partial charge is 0.310 e. The van der Waals surface area contributed by atoms with E-state index in [1.54, 1.807) is 0 Å². The smallest absolute Gasteiger partial charge is 0.0468 e. The van der Waals surface area contributed by atoms with Crippen LogP contribution in [0, 0.1) is 0 Å². The van der Waals surface area contributed by atoms with Crippen molar-refractivity contribution in [2.75, 3.05) is 4.90 Å². The minimum absolute atomic E-state index is 1.11. The Balaban J connectivity index is 1.02. The Bertz CT molecular complexity index is 2940. The van der Waals surface area contributed by atoms with Gasteiger partial charge in [0, 0.05) is 17.1 Å². The zero-order chi connectivity index (χ0) is 36.6.